The van der Waals surface area contributed by atoms with Crippen molar-refractivity contribution >= 4 is 29.0 Å². The summed E-state index contributed by atoms with van der Waals surface area (Å²) in [6.45, 7) is 6.50. The van der Waals surface area contributed by atoms with Gasteiger partial charge >= 0.3 is 12.0 Å². The Hall–Kier alpha value is -2.28. The third-order valence-corrected chi connectivity index (χ3v) is 5.18. The zero-order chi connectivity index (χ0) is 17.9. The molecule has 0 bridgehead atoms. The fourth-order valence-electron chi connectivity index (χ4n) is 2.24. The molecule has 2 aromatic heterocycles. The number of urea groups is 1. The van der Waals surface area contributed by atoms with Gasteiger partial charge in [0, 0.05) is 36.8 Å². The molecule has 24 heavy (non-hydrogen) atoms. The molecular formula is C17H23N3O3S. The first-order valence-electron chi connectivity index (χ1n) is 7.71. The molecule has 3 N–H and O–H groups in total. The standard InChI is InChI=1S/C17H23N3O3S/c1-17(2,3)13-10-12(14(24-13)15(21)22)19-16(23)18-8-7-11-6-5-9-20(11)4/h5-6,9-10H,7-8H2,1-4H3,(H,21,22)(H2,18,19,23). The van der Waals surface area contributed by atoms with Gasteiger partial charge < -0.3 is 20.3 Å². The van der Waals surface area contributed by atoms with Crippen molar-refractivity contribution in [1.29, 1.82) is 0 Å². The van der Waals surface area contributed by atoms with E-state index in [1.54, 1.807) is 6.07 Å². The molecule has 7 heteroatoms. The summed E-state index contributed by atoms with van der Waals surface area (Å²) in [5.74, 6) is -1.03. The molecule has 0 radical (unpaired) electrons. The molecule has 2 heterocycles. The monoisotopic (exact) mass is 349 g/mol. The summed E-state index contributed by atoms with van der Waals surface area (Å²) in [7, 11) is 1.95. The fraction of sp³-hybridized carbons (Fsp3) is 0.412. The molecule has 0 aliphatic heterocycles. The number of carboxylic acid groups (broad SMARTS) is 1. The van der Waals surface area contributed by atoms with Crippen molar-refractivity contribution in [2.75, 3.05) is 11.9 Å². The van der Waals surface area contributed by atoms with Crippen molar-refractivity contribution in [1.82, 2.24) is 9.88 Å². The number of aromatic carboxylic acids is 1. The Bertz CT molecular complexity index is 741. The SMILES string of the molecule is Cn1cccc1CCNC(=O)Nc1cc(C(C)(C)C)sc1C(=O)O. The molecule has 2 rings (SSSR count). The van der Waals surface area contributed by atoms with Gasteiger partial charge in [0.05, 0.1) is 5.69 Å². The molecule has 130 valence electrons. The van der Waals surface area contributed by atoms with Gasteiger partial charge in [-0.15, -0.1) is 11.3 Å². The van der Waals surface area contributed by atoms with E-state index in [4.69, 9.17) is 0 Å². The Kier molecular flexibility index (Phi) is 5.33. The van der Waals surface area contributed by atoms with Crippen LogP contribution >= 0.6 is 11.3 Å². The zero-order valence-corrected chi connectivity index (χ0v) is 15.2. The van der Waals surface area contributed by atoms with Gasteiger partial charge in [0.25, 0.3) is 0 Å². The number of nitrogens with one attached hydrogen (secondary N) is 2. The first-order chi connectivity index (χ1) is 11.2. The van der Waals surface area contributed by atoms with Gasteiger partial charge in [-0.2, -0.15) is 0 Å². The van der Waals surface area contributed by atoms with Gasteiger partial charge in [0.15, 0.2) is 0 Å². The molecule has 6 nitrogen and oxygen atoms in total. The average Bonchev–Trinajstić information content (AvgIpc) is 3.05. The van der Waals surface area contributed by atoms with E-state index >= 15 is 0 Å². The molecule has 0 atom stereocenters. The van der Waals surface area contributed by atoms with Gasteiger partial charge in [-0.25, -0.2) is 9.59 Å². The van der Waals surface area contributed by atoms with Crippen LogP contribution in [0, 0.1) is 0 Å². The number of anilines is 1. The molecule has 2 aromatic rings. The molecule has 0 spiro atoms. The van der Waals surface area contributed by atoms with Crippen LogP contribution in [0.4, 0.5) is 10.5 Å². The molecule has 0 fully saturated rings. The summed E-state index contributed by atoms with van der Waals surface area (Å²) in [5, 5.41) is 14.7. The van der Waals surface area contributed by atoms with Gasteiger partial charge in [-0.3, -0.25) is 0 Å². The second kappa shape index (κ2) is 7.09. The summed E-state index contributed by atoms with van der Waals surface area (Å²) in [5.41, 5.74) is 1.29. The molecule has 0 saturated carbocycles. The molecule has 0 aliphatic rings. The summed E-state index contributed by atoms with van der Waals surface area (Å²) in [6.07, 6.45) is 2.66. The molecule has 0 unspecified atom stereocenters. The van der Waals surface area contributed by atoms with Crippen molar-refractivity contribution in [2.24, 2.45) is 7.05 Å². The highest BCUT2D eigenvalue weighted by molar-refractivity contribution is 7.14. The summed E-state index contributed by atoms with van der Waals surface area (Å²) >= 11 is 1.19. The highest BCUT2D eigenvalue weighted by atomic mass is 32.1. The van der Waals surface area contributed by atoms with E-state index in [9.17, 15) is 14.7 Å². The van der Waals surface area contributed by atoms with Crippen molar-refractivity contribution in [2.45, 2.75) is 32.6 Å². The first-order valence-corrected chi connectivity index (χ1v) is 8.53. The van der Waals surface area contributed by atoms with E-state index < -0.39 is 12.0 Å². The Labute approximate surface area is 145 Å². The maximum absolute atomic E-state index is 12.0. The maximum atomic E-state index is 12.0. The second-order valence-corrected chi connectivity index (χ2v) is 7.70. The van der Waals surface area contributed by atoms with Crippen molar-refractivity contribution in [3.8, 4) is 0 Å². The average molecular weight is 349 g/mol. The number of hydrogen-bond donors (Lipinski definition) is 3. The number of thiophene rings is 1. The van der Waals surface area contributed by atoms with E-state index in [1.807, 2.05) is 50.7 Å². The Balaban J connectivity index is 1.99. The lowest BCUT2D eigenvalue weighted by atomic mass is 9.94. The van der Waals surface area contributed by atoms with E-state index in [-0.39, 0.29) is 10.3 Å². The van der Waals surface area contributed by atoms with E-state index in [2.05, 4.69) is 10.6 Å². The first kappa shape index (κ1) is 18.1. The Morgan fingerprint density at radius 1 is 1.33 bits per heavy atom. The summed E-state index contributed by atoms with van der Waals surface area (Å²) < 4.78 is 2.00. The van der Waals surface area contributed by atoms with Gasteiger partial charge in [-0.1, -0.05) is 20.8 Å². The van der Waals surface area contributed by atoms with Crippen LogP contribution in [-0.4, -0.2) is 28.2 Å². The highest BCUT2D eigenvalue weighted by Crippen LogP contribution is 2.35. The highest BCUT2D eigenvalue weighted by Gasteiger charge is 2.23. The topological polar surface area (TPSA) is 83.4 Å². The van der Waals surface area contributed by atoms with E-state index in [0.717, 1.165) is 10.6 Å². The molecule has 0 saturated heterocycles. The van der Waals surface area contributed by atoms with Crippen LogP contribution in [0.2, 0.25) is 0 Å². The lowest BCUT2D eigenvalue weighted by molar-refractivity contribution is 0.0703. The van der Waals surface area contributed by atoms with Gasteiger partial charge in [0.2, 0.25) is 0 Å². The van der Waals surface area contributed by atoms with Crippen molar-refractivity contribution in [3.63, 3.8) is 0 Å². The zero-order valence-electron chi connectivity index (χ0n) is 14.3. The number of carbonyl (C=O) groups excluding carboxylic acids is 1. The summed E-state index contributed by atoms with van der Waals surface area (Å²) in [6, 6.07) is 5.29. The largest absolute Gasteiger partial charge is 0.477 e. The van der Waals surface area contributed by atoms with Gasteiger partial charge in [0.1, 0.15) is 4.88 Å². The third kappa shape index (κ3) is 4.38. The minimum absolute atomic E-state index is 0.150. The fourth-order valence-corrected chi connectivity index (χ4v) is 3.25. The number of carbonyl (C=O) groups is 2. The van der Waals surface area contributed by atoms with Crippen LogP contribution in [0.5, 0.6) is 0 Å². The van der Waals surface area contributed by atoms with Crippen molar-refractivity contribution < 1.29 is 14.7 Å². The van der Waals surface area contributed by atoms with E-state index in [1.165, 1.54) is 11.3 Å². The summed E-state index contributed by atoms with van der Waals surface area (Å²) in [4.78, 5) is 24.5. The van der Waals surface area contributed by atoms with Gasteiger partial charge in [-0.05, 0) is 23.6 Å². The minimum atomic E-state index is -1.03. The number of rotatable bonds is 5. The van der Waals surface area contributed by atoms with E-state index in [0.29, 0.717) is 18.7 Å². The van der Waals surface area contributed by atoms with Crippen LogP contribution < -0.4 is 10.6 Å². The van der Waals surface area contributed by atoms with Crippen molar-refractivity contribution in [3.05, 3.63) is 39.8 Å². The molecule has 2 amide bonds. The normalized spacial score (nSPS) is 11.3. The van der Waals surface area contributed by atoms with Crippen LogP contribution in [0.25, 0.3) is 0 Å². The third-order valence-electron chi connectivity index (χ3n) is 3.63. The number of amides is 2. The molecule has 0 aromatic carbocycles. The van der Waals surface area contributed by atoms with Crippen LogP contribution in [0.1, 0.15) is 41.0 Å². The Morgan fingerprint density at radius 2 is 2.04 bits per heavy atom. The number of hydrogen-bond acceptors (Lipinski definition) is 3. The van der Waals surface area contributed by atoms with Crippen LogP contribution in [-0.2, 0) is 18.9 Å². The van der Waals surface area contributed by atoms with Crippen LogP contribution in [0.15, 0.2) is 24.4 Å². The number of aryl methyl sites for hydroxylation is 1. The second-order valence-electron chi connectivity index (χ2n) is 6.65. The van der Waals surface area contributed by atoms with Crippen LogP contribution in [0.3, 0.4) is 0 Å². The predicted molar refractivity (Wildman–Crippen MR) is 96.1 cm³/mol. The predicted octanol–water partition coefficient (Wildman–Crippen LogP) is 3.45. The molecule has 0 aliphatic carbocycles. The lowest BCUT2D eigenvalue weighted by Gasteiger charge is -2.15. The number of nitrogens with zero attached hydrogens (tertiary/aromatic N) is 1. The number of carboxylic acids is 1. The lowest BCUT2D eigenvalue weighted by Crippen LogP contribution is -2.31. The maximum Gasteiger partial charge on any atom is 0.348 e. The minimum Gasteiger partial charge on any atom is -0.477 e. The smallest absolute Gasteiger partial charge is 0.348 e. The number of aromatic nitrogens is 1. The quantitative estimate of drug-likeness (QED) is 0.773. The molecular weight excluding hydrogens is 326 g/mol. The Morgan fingerprint density at radius 3 is 2.58 bits per heavy atom.